The van der Waals surface area contributed by atoms with E-state index in [-0.39, 0.29) is 22.4 Å². The van der Waals surface area contributed by atoms with E-state index in [0.717, 1.165) is 11.1 Å². The van der Waals surface area contributed by atoms with E-state index >= 15 is 0 Å². The van der Waals surface area contributed by atoms with Crippen LogP contribution in [0, 0.1) is 13.8 Å². The Morgan fingerprint density at radius 1 is 1.14 bits per heavy atom. The predicted molar refractivity (Wildman–Crippen MR) is 111 cm³/mol. The zero-order valence-electron chi connectivity index (χ0n) is 16.6. The van der Waals surface area contributed by atoms with Gasteiger partial charge in [0.1, 0.15) is 5.69 Å². The Balaban J connectivity index is 1.96. The first-order valence-electron chi connectivity index (χ1n) is 8.78. The van der Waals surface area contributed by atoms with E-state index in [0.29, 0.717) is 11.4 Å². The lowest BCUT2D eigenvalue weighted by Gasteiger charge is -2.15. The maximum absolute atomic E-state index is 13.1. The number of aromatic nitrogens is 2. The molecule has 0 unspecified atom stereocenters. The summed E-state index contributed by atoms with van der Waals surface area (Å²) in [4.78, 5) is 16.3. The summed E-state index contributed by atoms with van der Waals surface area (Å²) in [6.07, 6.45) is 3.09. The van der Waals surface area contributed by atoms with Gasteiger partial charge < -0.3 is 14.6 Å². The molecule has 0 aliphatic carbocycles. The maximum atomic E-state index is 13.1. The summed E-state index contributed by atoms with van der Waals surface area (Å²) in [6, 6.07) is 10.2. The largest absolute Gasteiger partial charge is 0.480 e. The van der Waals surface area contributed by atoms with Crippen molar-refractivity contribution in [1.82, 2.24) is 9.55 Å². The number of ether oxygens (including phenoxy) is 1. The van der Waals surface area contributed by atoms with E-state index in [1.165, 1.54) is 19.4 Å². The van der Waals surface area contributed by atoms with Gasteiger partial charge in [0.25, 0.3) is 15.9 Å². The first-order chi connectivity index (χ1) is 13.7. The van der Waals surface area contributed by atoms with Crippen molar-refractivity contribution in [2.75, 3.05) is 17.1 Å². The van der Waals surface area contributed by atoms with Crippen LogP contribution in [-0.2, 0) is 17.1 Å². The number of hydrogen-bond acceptors (Lipinski definition) is 5. The number of pyridine rings is 1. The lowest BCUT2D eigenvalue weighted by atomic mass is 10.1. The number of aryl methyl sites for hydroxylation is 3. The monoisotopic (exact) mass is 414 g/mol. The minimum absolute atomic E-state index is 0.0689. The molecule has 0 saturated carbocycles. The number of carbonyl (C=O) groups excluding carboxylic acids is 1. The smallest absolute Gasteiger partial charge is 0.272 e. The molecule has 0 atom stereocenters. The van der Waals surface area contributed by atoms with Crippen molar-refractivity contribution in [3.63, 3.8) is 0 Å². The van der Waals surface area contributed by atoms with Crippen LogP contribution in [0.2, 0.25) is 0 Å². The molecule has 0 aliphatic heterocycles. The van der Waals surface area contributed by atoms with Crippen molar-refractivity contribution in [1.29, 1.82) is 0 Å². The topological polar surface area (TPSA) is 102 Å². The molecule has 29 heavy (non-hydrogen) atoms. The van der Waals surface area contributed by atoms with E-state index in [1.54, 1.807) is 29.9 Å². The average Bonchev–Trinajstić information content (AvgIpc) is 3.11. The van der Waals surface area contributed by atoms with Crippen LogP contribution in [0.5, 0.6) is 5.88 Å². The molecule has 2 heterocycles. The predicted octanol–water partition coefficient (Wildman–Crippen LogP) is 3.10. The molecule has 8 nitrogen and oxygen atoms in total. The second kappa shape index (κ2) is 7.96. The minimum atomic E-state index is -4.02. The van der Waals surface area contributed by atoms with Crippen molar-refractivity contribution < 1.29 is 17.9 Å². The first kappa shape index (κ1) is 20.4. The van der Waals surface area contributed by atoms with Crippen molar-refractivity contribution >= 4 is 27.3 Å². The molecule has 3 rings (SSSR count). The molecule has 9 heteroatoms. The Hall–Kier alpha value is -3.33. The Morgan fingerprint density at radius 2 is 1.83 bits per heavy atom. The van der Waals surface area contributed by atoms with Gasteiger partial charge in [-0.15, -0.1) is 0 Å². The molecule has 0 saturated heterocycles. The number of hydrogen-bond donors (Lipinski definition) is 2. The van der Waals surface area contributed by atoms with Gasteiger partial charge in [-0.3, -0.25) is 9.52 Å². The van der Waals surface area contributed by atoms with Gasteiger partial charge in [-0.25, -0.2) is 13.4 Å². The van der Waals surface area contributed by atoms with Gasteiger partial charge in [0.05, 0.1) is 24.7 Å². The third kappa shape index (κ3) is 4.24. The van der Waals surface area contributed by atoms with Crippen LogP contribution in [0.1, 0.15) is 21.6 Å². The number of carbonyl (C=O) groups is 1. The molecule has 0 spiro atoms. The Morgan fingerprint density at radius 3 is 2.41 bits per heavy atom. The van der Waals surface area contributed by atoms with E-state index in [9.17, 15) is 13.2 Å². The summed E-state index contributed by atoms with van der Waals surface area (Å²) in [7, 11) is -0.938. The molecule has 0 radical (unpaired) electrons. The molecule has 2 aromatic heterocycles. The highest BCUT2D eigenvalue weighted by Gasteiger charge is 2.23. The summed E-state index contributed by atoms with van der Waals surface area (Å²) in [6.45, 7) is 3.63. The number of amides is 1. The Kier molecular flexibility index (Phi) is 5.60. The molecule has 1 amide bonds. The summed E-state index contributed by atoms with van der Waals surface area (Å²) < 4.78 is 35.5. The van der Waals surface area contributed by atoms with Gasteiger partial charge in [0.2, 0.25) is 5.88 Å². The highest BCUT2D eigenvalue weighted by molar-refractivity contribution is 7.92. The van der Waals surface area contributed by atoms with Crippen molar-refractivity contribution in [3.05, 3.63) is 65.6 Å². The van der Waals surface area contributed by atoms with Crippen molar-refractivity contribution in [2.45, 2.75) is 18.7 Å². The zero-order chi connectivity index (χ0) is 21.2. The molecular formula is C20H22N4O4S. The Bertz CT molecular complexity index is 1150. The fourth-order valence-corrected chi connectivity index (χ4v) is 4.25. The van der Waals surface area contributed by atoms with Crippen LogP contribution in [0.25, 0.3) is 0 Å². The lowest BCUT2D eigenvalue weighted by molar-refractivity contribution is 0.101. The van der Waals surface area contributed by atoms with Crippen molar-refractivity contribution in [2.24, 2.45) is 7.05 Å². The summed E-state index contributed by atoms with van der Waals surface area (Å²) in [5.41, 5.74) is 2.73. The fraction of sp³-hybridized carbons (Fsp3) is 0.200. The van der Waals surface area contributed by atoms with Crippen LogP contribution >= 0.6 is 0 Å². The third-order valence-electron chi connectivity index (χ3n) is 4.45. The number of sulfonamides is 1. The molecule has 152 valence electrons. The Labute approximate surface area is 169 Å². The van der Waals surface area contributed by atoms with Crippen molar-refractivity contribution in [3.8, 4) is 5.88 Å². The molecular weight excluding hydrogens is 392 g/mol. The normalized spacial score (nSPS) is 11.2. The number of rotatable bonds is 6. The number of para-hydroxylation sites is 1. The number of methoxy groups -OCH3 is 1. The molecule has 0 aliphatic rings. The van der Waals surface area contributed by atoms with Gasteiger partial charge in [-0.05, 0) is 43.2 Å². The van der Waals surface area contributed by atoms with Gasteiger partial charge in [-0.1, -0.05) is 18.2 Å². The van der Waals surface area contributed by atoms with E-state index < -0.39 is 10.0 Å². The SMILES string of the molecule is COc1ncc(NC(=O)c2cccn2C)cc1S(=O)(=O)Nc1c(C)cccc1C. The quantitative estimate of drug-likeness (QED) is 0.645. The van der Waals surface area contributed by atoms with Gasteiger partial charge in [0.15, 0.2) is 4.90 Å². The standard InChI is InChI=1S/C20H22N4O4S/c1-13-7-5-8-14(2)18(13)23-29(26,27)17-11-15(12-21-20(17)28-4)22-19(25)16-9-6-10-24(16)3/h5-12,23H,1-4H3,(H,22,25). The number of anilines is 2. The third-order valence-corrected chi connectivity index (χ3v) is 5.80. The first-order valence-corrected chi connectivity index (χ1v) is 10.3. The maximum Gasteiger partial charge on any atom is 0.272 e. The summed E-state index contributed by atoms with van der Waals surface area (Å²) in [5.74, 6) is -0.448. The van der Waals surface area contributed by atoms with Crippen LogP contribution in [0.3, 0.4) is 0 Å². The second-order valence-electron chi connectivity index (χ2n) is 6.56. The van der Waals surface area contributed by atoms with Crippen LogP contribution in [0.4, 0.5) is 11.4 Å². The molecule has 1 aromatic carbocycles. The van der Waals surface area contributed by atoms with Crippen LogP contribution in [-0.4, -0.2) is 31.0 Å². The van der Waals surface area contributed by atoms with Crippen LogP contribution in [0.15, 0.2) is 53.7 Å². The van der Waals surface area contributed by atoms with E-state index in [2.05, 4.69) is 15.0 Å². The van der Waals surface area contributed by atoms with Gasteiger partial charge in [-0.2, -0.15) is 0 Å². The van der Waals surface area contributed by atoms with Crippen LogP contribution < -0.4 is 14.8 Å². The highest BCUT2D eigenvalue weighted by atomic mass is 32.2. The second-order valence-corrected chi connectivity index (χ2v) is 8.21. The summed E-state index contributed by atoms with van der Waals surface area (Å²) in [5, 5.41) is 2.67. The molecule has 0 bridgehead atoms. The minimum Gasteiger partial charge on any atom is -0.480 e. The lowest BCUT2D eigenvalue weighted by Crippen LogP contribution is -2.18. The molecule has 2 N–H and O–H groups in total. The summed E-state index contributed by atoms with van der Waals surface area (Å²) >= 11 is 0. The van der Waals surface area contributed by atoms with Gasteiger partial charge >= 0.3 is 0 Å². The average molecular weight is 414 g/mol. The molecule has 3 aromatic rings. The molecule has 0 fully saturated rings. The fourth-order valence-electron chi connectivity index (χ4n) is 2.90. The number of benzene rings is 1. The highest BCUT2D eigenvalue weighted by Crippen LogP contribution is 2.29. The number of nitrogens with one attached hydrogen (secondary N) is 2. The van der Waals surface area contributed by atoms with Gasteiger partial charge in [0, 0.05) is 13.2 Å². The van der Waals surface area contributed by atoms with E-state index in [4.69, 9.17) is 4.74 Å². The zero-order valence-corrected chi connectivity index (χ0v) is 17.4. The number of nitrogens with zero attached hydrogens (tertiary/aromatic N) is 2. The van der Waals surface area contributed by atoms with E-state index in [1.807, 2.05) is 32.0 Å².